The lowest BCUT2D eigenvalue weighted by Gasteiger charge is -2.06. The van der Waals surface area contributed by atoms with Crippen LogP contribution < -0.4 is 5.32 Å². The molecule has 0 bridgehead atoms. The van der Waals surface area contributed by atoms with Crippen LogP contribution in [0.5, 0.6) is 5.88 Å². The van der Waals surface area contributed by atoms with Gasteiger partial charge in [0.1, 0.15) is 11.5 Å². The highest BCUT2D eigenvalue weighted by molar-refractivity contribution is 5.95. The Morgan fingerprint density at radius 2 is 2.09 bits per heavy atom. The molecule has 6 heteroatoms. The van der Waals surface area contributed by atoms with Crippen LogP contribution in [0.4, 0.5) is 4.39 Å². The van der Waals surface area contributed by atoms with Crippen molar-refractivity contribution in [1.82, 2.24) is 15.3 Å². The minimum atomic E-state index is -0.392. The first-order valence-electron chi connectivity index (χ1n) is 6.60. The van der Waals surface area contributed by atoms with Crippen LogP contribution in [0.1, 0.15) is 16.1 Å². The van der Waals surface area contributed by atoms with Gasteiger partial charge in [0.25, 0.3) is 5.91 Å². The SMILES string of the molecule is O=C(NCc1cccc(F)c1)c1cc2nc(O)ccc2cn1. The number of carbonyl (C=O) groups excluding carboxylic acids is 1. The van der Waals surface area contributed by atoms with Crippen LogP contribution in [0, 0.1) is 5.82 Å². The number of aromatic nitrogens is 2. The summed E-state index contributed by atoms with van der Waals surface area (Å²) in [6, 6.07) is 10.6. The van der Waals surface area contributed by atoms with Gasteiger partial charge in [-0.25, -0.2) is 9.37 Å². The summed E-state index contributed by atoms with van der Waals surface area (Å²) in [7, 11) is 0. The minimum Gasteiger partial charge on any atom is -0.493 e. The summed E-state index contributed by atoms with van der Waals surface area (Å²) in [4.78, 5) is 20.1. The maximum Gasteiger partial charge on any atom is 0.270 e. The Bertz CT molecular complexity index is 852. The zero-order valence-electron chi connectivity index (χ0n) is 11.5. The maximum atomic E-state index is 13.1. The number of halogens is 1. The molecular weight excluding hydrogens is 285 g/mol. The molecule has 1 amide bonds. The Balaban J connectivity index is 1.77. The standard InChI is InChI=1S/C16H12FN3O2/c17-12-3-1-2-10(6-12)8-19-16(22)14-7-13-11(9-18-14)4-5-15(21)20-13/h1-7,9H,8H2,(H,19,22)(H,20,21). The van der Waals surface area contributed by atoms with Gasteiger partial charge in [0, 0.05) is 24.2 Å². The summed E-state index contributed by atoms with van der Waals surface area (Å²) in [6.07, 6.45) is 1.51. The molecule has 0 aliphatic heterocycles. The number of nitrogens with one attached hydrogen (secondary N) is 1. The number of rotatable bonds is 3. The van der Waals surface area contributed by atoms with Gasteiger partial charge in [-0.05, 0) is 29.8 Å². The Hall–Kier alpha value is -3.02. The van der Waals surface area contributed by atoms with E-state index in [0.29, 0.717) is 11.1 Å². The summed E-state index contributed by atoms with van der Waals surface area (Å²) in [5, 5.41) is 12.8. The third-order valence-corrected chi connectivity index (χ3v) is 3.13. The fourth-order valence-corrected chi connectivity index (χ4v) is 2.05. The van der Waals surface area contributed by atoms with Crippen molar-refractivity contribution < 1.29 is 14.3 Å². The molecule has 0 aliphatic rings. The number of hydrogen-bond donors (Lipinski definition) is 2. The molecule has 0 saturated carbocycles. The molecule has 0 atom stereocenters. The van der Waals surface area contributed by atoms with Crippen molar-refractivity contribution in [2.45, 2.75) is 6.54 Å². The summed E-state index contributed by atoms with van der Waals surface area (Å²) >= 11 is 0. The van der Waals surface area contributed by atoms with Gasteiger partial charge in [0.05, 0.1) is 5.52 Å². The molecule has 0 radical (unpaired) electrons. The second-order valence-corrected chi connectivity index (χ2v) is 4.74. The van der Waals surface area contributed by atoms with Crippen LogP contribution in [0.3, 0.4) is 0 Å². The smallest absolute Gasteiger partial charge is 0.270 e. The van der Waals surface area contributed by atoms with Crippen LogP contribution in [0.25, 0.3) is 10.9 Å². The topological polar surface area (TPSA) is 75.1 Å². The second-order valence-electron chi connectivity index (χ2n) is 4.74. The van der Waals surface area contributed by atoms with Crippen LogP contribution in [0.15, 0.2) is 48.7 Å². The minimum absolute atomic E-state index is 0.121. The van der Waals surface area contributed by atoms with Crippen LogP contribution in [0.2, 0.25) is 0 Å². The van der Waals surface area contributed by atoms with Gasteiger partial charge >= 0.3 is 0 Å². The second kappa shape index (κ2) is 5.77. The number of benzene rings is 1. The normalized spacial score (nSPS) is 10.6. The van der Waals surface area contributed by atoms with E-state index in [1.54, 1.807) is 18.2 Å². The van der Waals surface area contributed by atoms with Crippen LogP contribution in [-0.4, -0.2) is 21.0 Å². The van der Waals surface area contributed by atoms with Crippen molar-refractivity contribution in [2.24, 2.45) is 0 Å². The first kappa shape index (κ1) is 13.9. The van der Waals surface area contributed by atoms with Gasteiger partial charge < -0.3 is 10.4 Å². The van der Waals surface area contributed by atoms with Crippen molar-refractivity contribution in [3.05, 3.63) is 65.7 Å². The molecule has 2 heterocycles. The molecule has 110 valence electrons. The van der Waals surface area contributed by atoms with Gasteiger partial charge in [0.2, 0.25) is 5.88 Å². The summed E-state index contributed by atoms with van der Waals surface area (Å²) < 4.78 is 13.1. The highest BCUT2D eigenvalue weighted by atomic mass is 19.1. The Kier molecular flexibility index (Phi) is 3.65. The van der Waals surface area contributed by atoms with Crippen molar-refractivity contribution in [2.75, 3.05) is 0 Å². The van der Waals surface area contributed by atoms with E-state index in [4.69, 9.17) is 0 Å². The number of fused-ring (bicyclic) bond motifs is 1. The van der Waals surface area contributed by atoms with Gasteiger partial charge in [-0.15, -0.1) is 0 Å². The lowest BCUT2D eigenvalue weighted by molar-refractivity contribution is 0.0946. The lowest BCUT2D eigenvalue weighted by Crippen LogP contribution is -2.23. The maximum absolute atomic E-state index is 13.1. The van der Waals surface area contributed by atoms with Crippen LogP contribution >= 0.6 is 0 Å². The zero-order chi connectivity index (χ0) is 15.5. The van der Waals surface area contributed by atoms with Crippen molar-refractivity contribution >= 4 is 16.8 Å². The predicted octanol–water partition coefficient (Wildman–Crippen LogP) is 2.40. The summed E-state index contributed by atoms with van der Waals surface area (Å²) in [5.74, 6) is -0.864. The molecule has 1 aromatic carbocycles. The molecule has 0 aliphatic carbocycles. The van der Waals surface area contributed by atoms with Crippen molar-refractivity contribution in [3.8, 4) is 5.88 Å². The largest absolute Gasteiger partial charge is 0.493 e. The van der Waals surface area contributed by atoms with E-state index in [0.717, 1.165) is 5.39 Å². The number of nitrogens with zero attached hydrogens (tertiary/aromatic N) is 2. The number of hydrogen-bond acceptors (Lipinski definition) is 4. The average Bonchev–Trinajstić information content (AvgIpc) is 2.52. The Morgan fingerprint density at radius 1 is 1.23 bits per heavy atom. The lowest BCUT2D eigenvalue weighted by atomic mass is 10.2. The molecule has 2 aromatic heterocycles. The Labute approximate surface area is 125 Å². The number of amides is 1. The number of aromatic hydroxyl groups is 1. The molecule has 0 saturated heterocycles. The third kappa shape index (κ3) is 3.01. The highest BCUT2D eigenvalue weighted by Crippen LogP contribution is 2.15. The van der Waals surface area contributed by atoms with Gasteiger partial charge in [0.15, 0.2) is 0 Å². The molecule has 22 heavy (non-hydrogen) atoms. The first-order valence-corrected chi connectivity index (χ1v) is 6.60. The van der Waals surface area contributed by atoms with E-state index in [1.165, 1.54) is 30.5 Å². The molecule has 5 nitrogen and oxygen atoms in total. The summed E-state index contributed by atoms with van der Waals surface area (Å²) in [6.45, 7) is 0.198. The third-order valence-electron chi connectivity index (χ3n) is 3.13. The molecule has 3 aromatic rings. The molecule has 0 unspecified atom stereocenters. The van der Waals surface area contributed by atoms with Gasteiger partial charge in [-0.1, -0.05) is 12.1 Å². The molecule has 0 spiro atoms. The number of carbonyl (C=O) groups is 1. The first-order chi connectivity index (χ1) is 10.6. The molecule has 3 rings (SSSR count). The summed E-state index contributed by atoms with van der Waals surface area (Å²) in [5.41, 5.74) is 1.32. The molecule has 0 fully saturated rings. The molecule has 2 N–H and O–H groups in total. The van der Waals surface area contributed by atoms with Crippen LogP contribution in [-0.2, 0) is 6.54 Å². The Morgan fingerprint density at radius 3 is 2.91 bits per heavy atom. The van der Waals surface area contributed by atoms with Crippen molar-refractivity contribution in [1.29, 1.82) is 0 Å². The van der Waals surface area contributed by atoms with E-state index < -0.39 is 5.91 Å². The zero-order valence-corrected chi connectivity index (χ0v) is 11.5. The fraction of sp³-hybridized carbons (Fsp3) is 0.0625. The van der Waals surface area contributed by atoms with Crippen molar-refractivity contribution in [3.63, 3.8) is 0 Å². The van der Waals surface area contributed by atoms with E-state index in [2.05, 4.69) is 15.3 Å². The average molecular weight is 297 g/mol. The van der Waals surface area contributed by atoms with Gasteiger partial charge in [-0.2, -0.15) is 0 Å². The quantitative estimate of drug-likeness (QED) is 0.778. The van der Waals surface area contributed by atoms with E-state index in [-0.39, 0.29) is 23.9 Å². The molecular formula is C16H12FN3O2. The number of pyridine rings is 2. The van der Waals surface area contributed by atoms with E-state index in [1.807, 2.05) is 0 Å². The monoisotopic (exact) mass is 297 g/mol. The van der Waals surface area contributed by atoms with E-state index >= 15 is 0 Å². The van der Waals surface area contributed by atoms with E-state index in [9.17, 15) is 14.3 Å². The fourth-order valence-electron chi connectivity index (χ4n) is 2.05. The van der Waals surface area contributed by atoms with Gasteiger partial charge in [-0.3, -0.25) is 9.78 Å². The highest BCUT2D eigenvalue weighted by Gasteiger charge is 2.09. The predicted molar refractivity (Wildman–Crippen MR) is 78.8 cm³/mol.